The molecule has 1 aliphatic rings. The zero-order valence-electron chi connectivity index (χ0n) is 13.5. The first-order chi connectivity index (χ1) is 10.4. The molecule has 124 valence electrons. The number of hydrogen-bond acceptors (Lipinski definition) is 4. The highest BCUT2D eigenvalue weighted by atomic mass is 32.2. The Morgan fingerprint density at radius 2 is 2.00 bits per heavy atom. The van der Waals surface area contributed by atoms with Crippen molar-refractivity contribution >= 4 is 10.0 Å². The quantitative estimate of drug-likeness (QED) is 0.827. The molecule has 0 bridgehead atoms. The van der Waals surface area contributed by atoms with E-state index in [2.05, 4.69) is 4.72 Å². The van der Waals surface area contributed by atoms with E-state index in [1.165, 1.54) is 0 Å². The second kappa shape index (κ2) is 7.55. The van der Waals surface area contributed by atoms with Gasteiger partial charge in [-0.3, -0.25) is 0 Å². The van der Waals surface area contributed by atoms with Crippen molar-refractivity contribution in [2.75, 3.05) is 33.1 Å². The number of hydrogen-bond donors (Lipinski definition) is 1. The molecule has 1 heterocycles. The second-order valence-electron chi connectivity index (χ2n) is 6.24. The number of nitrogens with one attached hydrogen (secondary N) is 1. The molecule has 2 rings (SSSR count). The van der Waals surface area contributed by atoms with Crippen LogP contribution in [-0.2, 0) is 14.8 Å². The van der Waals surface area contributed by atoms with E-state index in [1.54, 1.807) is 0 Å². The molecule has 0 aromatic heterocycles. The largest absolute Gasteiger partial charge is 0.381 e. The maximum atomic E-state index is 12.4. The minimum atomic E-state index is -3.31. The number of rotatable bonds is 7. The van der Waals surface area contributed by atoms with E-state index in [0.29, 0.717) is 13.2 Å². The zero-order chi connectivity index (χ0) is 16.2. The van der Waals surface area contributed by atoms with Gasteiger partial charge in [-0.25, -0.2) is 13.1 Å². The molecule has 1 fully saturated rings. The van der Waals surface area contributed by atoms with Crippen molar-refractivity contribution in [3.8, 4) is 0 Å². The average Bonchev–Trinajstić information content (AvgIpc) is 2.90. The molecular formula is C16H26N2O3S. The molecule has 6 heteroatoms. The Balaban J connectivity index is 2.06. The van der Waals surface area contributed by atoms with Crippen LogP contribution >= 0.6 is 0 Å². The van der Waals surface area contributed by atoms with E-state index in [9.17, 15) is 8.42 Å². The third kappa shape index (κ3) is 4.78. The summed E-state index contributed by atoms with van der Waals surface area (Å²) < 4.78 is 32.8. The van der Waals surface area contributed by atoms with E-state index in [4.69, 9.17) is 4.74 Å². The summed E-state index contributed by atoms with van der Waals surface area (Å²) in [5, 5.41) is 0. The van der Waals surface area contributed by atoms with Gasteiger partial charge in [-0.2, -0.15) is 0 Å². The summed E-state index contributed by atoms with van der Waals surface area (Å²) in [7, 11) is 0.624. The summed E-state index contributed by atoms with van der Waals surface area (Å²) >= 11 is 0. The molecule has 0 unspecified atom stereocenters. The van der Waals surface area contributed by atoms with Crippen LogP contribution in [0.4, 0.5) is 0 Å². The molecule has 0 aliphatic carbocycles. The van der Waals surface area contributed by atoms with E-state index in [1.807, 2.05) is 56.3 Å². The van der Waals surface area contributed by atoms with E-state index < -0.39 is 10.0 Å². The van der Waals surface area contributed by atoms with Crippen LogP contribution in [0.25, 0.3) is 0 Å². The molecule has 1 aromatic carbocycles. The van der Waals surface area contributed by atoms with Gasteiger partial charge in [0.05, 0.1) is 18.4 Å². The highest BCUT2D eigenvalue weighted by Crippen LogP contribution is 2.23. The van der Waals surface area contributed by atoms with Gasteiger partial charge in [-0.05, 0) is 38.9 Å². The van der Waals surface area contributed by atoms with Gasteiger partial charge in [0.25, 0.3) is 0 Å². The Labute approximate surface area is 133 Å². The van der Waals surface area contributed by atoms with Gasteiger partial charge in [0.2, 0.25) is 10.0 Å². The number of likely N-dealkylation sites (N-methyl/N-ethyl adjacent to an activating group) is 1. The number of ether oxygens (including phenoxy) is 1. The van der Waals surface area contributed by atoms with E-state index >= 15 is 0 Å². The predicted octanol–water partition coefficient (Wildman–Crippen LogP) is 1.63. The highest BCUT2D eigenvalue weighted by Gasteiger charge is 2.28. The van der Waals surface area contributed by atoms with Crippen molar-refractivity contribution in [1.29, 1.82) is 0 Å². The van der Waals surface area contributed by atoms with Crippen molar-refractivity contribution < 1.29 is 13.2 Å². The van der Waals surface area contributed by atoms with Gasteiger partial charge in [-0.1, -0.05) is 30.3 Å². The normalized spacial score (nSPS) is 21.9. The van der Waals surface area contributed by atoms with E-state index in [-0.39, 0.29) is 23.8 Å². The molecular weight excluding hydrogens is 300 g/mol. The molecule has 0 spiro atoms. The topological polar surface area (TPSA) is 58.6 Å². The zero-order valence-corrected chi connectivity index (χ0v) is 14.3. The van der Waals surface area contributed by atoms with Crippen LogP contribution in [0.2, 0.25) is 0 Å². The Bertz CT molecular complexity index is 554. The summed E-state index contributed by atoms with van der Waals surface area (Å²) in [6, 6.07) is 9.76. The number of benzene rings is 1. The number of nitrogens with zero attached hydrogens (tertiary/aromatic N) is 1. The van der Waals surface area contributed by atoms with Crippen molar-refractivity contribution in [3.05, 3.63) is 35.9 Å². The van der Waals surface area contributed by atoms with Gasteiger partial charge in [0.15, 0.2) is 0 Å². The fraction of sp³-hybridized carbons (Fsp3) is 0.625. The first kappa shape index (κ1) is 17.4. The van der Waals surface area contributed by atoms with Gasteiger partial charge in [0, 0.05) is 12.6 Å². The predicted molar refractivity (Wildman–Crippen MR) is 88.2 cm³/mol. The molecule has 0 radical (unpaired) electrons. The molecule has 22 heavy (non-hydrogen) atoms. The lowest BCUT2D eigenvalue weighted by Gasteiger charge is -2.31. The molecule has 5 nitrogen and oxygen atoms in total. The van der Waals surface area contributed by atoms with Crippen molar-refractivity contribution in [1.82, 2.24) is 9.62 Å². The first-order valence-electron chi connectivity index (χ1n) is 7.68. The molecule has 1 saturated heterocycles. The van der Waals surface area contributed by atoms with Gasteiger partial charge < -0.3 is 9.64 Å². The Morgan fingerprint density at radius 3 is 2.55 bits per heavy atom. The fourth-order valence-electron chi connectivity index (χ4n) is 3.11. The summed E-state index contributed by atoms with van der Waals surface area (Å²) in [6.45, 7) is 3.13. The van der Waals surface area contributed by atoms with Crippen molar-refractivity contribution in [3.63, 3.8) is 0 Å². The average molecular weight is 326 g/mol. The fourth-order valence-corrected chi connectivity index (χ4v) is 4.78. The molecule has 1 aliphatic heterocycles. The Kier molecular flexibility index (Phi) is 5.97. The van der Waals surface area contributed by atoms with Crippen LogP contribution in [0, 0.1) is 5.92 Å². The lowest BCUT2D eigenvalue weighted by molar-refractivity contribution is 0.188. The lowest BCUT2D eigenvalue weighted by atomic mass is 10.0. The smallest absolute Gasteiger partial charge is 0.212 e. The summed E-state index contributed by atoms with van der Waals surface area (Å²) in [5.74, 6) is 0.256. The third-order valence-electron chi connectivity index (χ3n) is 4.02. The van der Waals surface area contributed by atoms with Crippen molar-refractivity contribution in [2.45, 2.75) is 25.4 Å². The van der Waals surface area contributed by atoms with Gasteiger partial charge in [0.1, 0.15) is 0 Å². The van der Waals surface area contributed by atoms with Crippen LogP contribution in [0.15, 0.2) is 30.3 Å². The standard InChI is InChI=1S/C16H26N2O3S/c1-13(16(18(2)3)15-7-5-4-6-8-15)17-22(19,20)12-14-9-10-21-11-14/h4-8,13-14,16-17H,9-12H2,1-3H3/t13-,14+,16-/m0/s1. The van der Waals surface area contributed by atoms with Crippen LogP contribution < -0.4 is 4.72 Å². The van der Waals surface area contributed by atoms with Crippen LogP contribution in [0.5, 0.6) is 0 Å². The Morgan fingerprint density at radius 1 is 1.32 bits per heavy atom. The second-order valence-corrected chi connectivity index (χ2v) is 8.04. The maximum Gasteiger partial charge on any atom is 0.212 e. The molecule has 1 N–H and O–H groups in total. The summed E-state index contributed by atoms with van der Waals surface area (Å²) in [6.07, 6.45) is 0.824. The summed E-state index contributed by atoms with van der Waals surface area (Å²) in [4.78, 5) is 2.04. The SMILES string of the molecule is C[C@H](NS(=O)(=O)C[C@@H]1CCOC1)[C@@H](c1ccccc1)N(C)C. The lowest BCUT2D eigenvalue weighted by Crippen LogP contribution is -2.44. The molecule has 0 amide bonds. The van der Waals surface area contributed by atoms with E-state index in [0.717, 1.165) is 12.0 Å². The monoisotopic (exact) mass is 326 g/mol. The first-order valence-corrected chi connectivity index (χ1v) is 9.33. The number of sulfonamides is 1. The maximum absolute atomic E-state index is 12.4. The van der Waals surface area contributed by atoms with Gasteiger partial charge in [-0.15, -0.1) is 0 Å². The third-order valence-corrected chi connectivity index (χ3v) is 5.66. The van der Waals surface area contributed by atoms with Crippen LogP contribution in [0.3, 0.4) is 0 Å². The molecule has 3 atom stereocenters. The Hall–Kier alpha value is -0.950. The van der Waals surface area contributed by atoms with Crippen molar-refractivity contribution in [2.24, 2.45) is 5.92 Å². The minimum Gasteiger partial charge on any atom is -0.381 e. The minimum absolute atomic E-state index is 0.00389. The molecule has 0 saturated carbocycles. The molecule has 1 aromatic rings. The summed E-state index contributed by atoms with van der Waals surface area (Å²) in [5.41, 5.74) is 1.10. The van der Waals surface area contributed by atoms with Crippen LogP contribution in [0.1, 0.15) is 24.9 Å². The highest BCUT2D eigenvalue weighted by molar-refractivity contribution is 7.89. The van der Waals surface area contributed by atoms with Gasteiger partial charge >= 0.3 is 0 Å². The van der Waals surface area contributed by atoms with Crippen LogP contribution in [-0.4, -0.2) is 52.4 Å².